The molecule has 1 aliphatic heterocycles. The molecule has 0 unspecified atom stereocenters. The predicted octanol–water partition coefficient (Wildman–Crippen LogP) is 2.54. The van der Waals surface area contributed by atoms with Gasteiger partial charge in [0.05, 0.1) is 9.82 Å². The van der Waals surface area contributed by atoms with Gasteiger partial charge >= 0.3 is 0 Å². The second kappa shape index (κ2) is 8.48. The number of non-ortho nitro benzene ring substituents is 1. The number of aromatic amines is 1. The van der Waals surface area contributed by atoms with Crippen LogP contribution in [0.25, 0.3) is 10.9 Å². The third-order valence-electron chi connectivity index (χ3n) is 5.56. The number of fused-ring (bicyclic) bond motifs is 1. The normalized spacial score (nSPS) is 15.3. The zero-order valence-corrected chi connectivity index (χ0v) is 17.5. The fraction of sp³-hybridized carbons (Fsp3) is 0.286. The summed E-state index contributed by atoms with van der Waals surface area (Å²) in [5.74, 6) is -0.00216. The first-order valence-corrected chi connectivity index (χ1v) is 11.4. The number of aryl methyl sites for hydroxylation is 1. The van der Waals surface area contributed by atoms with Gasteiger partial charge < -0.3 is 9.88 Å². The fourth-order valence-corrected chi connectivity index (χ4v) is 5.23. The molecule has 1 N–H and O–H groups in total. The van der Waals surface area contributed by atoms with E-state index in [2.05, 4.69) is 4.98 Å². The third kappa shape index (κ3) is 4.30. The predicted molar refractivity (Wildman–Crippen MR) is 115 cm³/mol. The summed E-state index contributed by atoms with van der Waals surface area (Å²) in [6.07, 6.45) is 2.90. The number of benzene rings is 2. The summed E-state index contributed by atoms with van der Waals surface area (Å²) < 4.78 is 26.9. The van der Waals surface area contributed by atoms with Crippen molar-refractivity contribution in [3.8, 4) is 0 Å². The van der Waals surface area contributed by atoms with E-state index in [1.165, 1.54) is 28.6 Å². The van der Waals surface area contributed by atoms with Crippen molar-refractivity contribution in [1.29, 1.82) is 0 Å². The van der Waals surface area contributed by atoms with Crippen LogP contribution in [0.2, 0.25) is 0 Å². The molecule has 1 fully saturated rings. The number of carbonyl (C=O) groups is 1. The van der Waals surface area contributed by atoms with Gasteiger partial charge in [-0.1, -0.05) is 18.2 Å². The molecule has 4 rings (SSSR count). The van der Waals surface area contributed by atoms with Crippen LogP contribution in [0.4, 0.5) is 5.69 Å². The van der Waals surface area contributed by atoms with E-state index in [1.54, 1.807) is 4.90 Å². The van der Waals surface area contributed by atoms with Gasteiger partial charge in [0.2, 0.25) is 15.9 Å². The Morgan fingerprint density at radius 3 is 2.39 bits per heavy atom. The summed E-state index contributed by atoms with van der Waals surface area (Å²) in [4.78, 5) is 27.7. The van der Waals surface area contributed by atoms with Crippen LogP contribution in [0.5, 0.6) is 0 Å². The number of rotatable bonds is 6. The Labute approximate surface area is 179 Å². The number of nitrogens with zero attached hydrogens (tertiary/aromatic N) is 3. The monoisotopic (exact) mass is 442 g/mol. The first-order valence-electron chi connectivity index (χ1n) is 9.93. The van der Waals surface area contributed by atoms with E-state index >= 15 is 0 Å². The van der Waals surface area contributed by atoms with Gasteiger partial charge in [0.15, 0.2) is 0 Å². The largest absolute Gasteiger partial charge is 0.361 e. The van der Waals surface area contributed by atoms with Crippen molar-refractivity contribution in [1.82, 2.24) is 14.2 Å². The average Bonchev–Trinajstić information content (AvgIpc) is 3.20. The number of amides is 1. The van der Waals surface area contributed by atoms with E-state index in [0.29, 0.717) is 25.9 Å². The summed E-state index contributed by atoms with van der Waals surface area (Å²) in [5.41, 5.74) is 1.96. The molecule has 162 valence electrons. The standard InChI is InChI=1S/C21H22N4O5S/c26-21(10-5-16-15-22-20-4-2-1-3-19(16)20)23-11-13-24(14-12-23)31(29,30)18-8-6-17(7-9-18)25(27)28/h1-4,6-9,15,22H,5,10-14H2. The lowest BCUT2D eigenvalue weighted by Crippen LogP contribution is -2.50. The second-order valence-electron chi connectivity index (χ2n) is 7.40. The van der Waals surface area contributed by atoms with Crippen molar-refractivity contribution in [3.63, 3.8) is 0 Å². The van der Waals surface area contributed by atoms with E-state index < -0.39 is 14.9 Å². The second-order valence-corrected chi connectivity index (χ2v) is 9.33. The zero-order chi connectivity index (χ0) is 22.0. The molecule has 0 saturated carbocycles. The van der Waals surface area contributed by atoms with Gasteiger partial charge in [0, 0.05) is 61.8 Å². The van der Waals surface area contributed by atoms with Crippen LogP contribution in [-0.4, -0.2) is 59.6 Å². The topological polar surface area (TPSA) is 117 Å². The van der Waals surface area contributed by atoms with Crippen LogP contribution < -0.4 is 0 Å². The average molecular weight is 442 g/mol. The summed E-state index contributed by atoms with van der Waals surface area (Å²) in [5, 5.41) is 11.9. The Bertz CT molecular complexity index is 1210. The summed E-state index contributed by atoms with van der Waals surface area (Å²) in [6.45, 7) is 1.02. The fourth-order valence-electron chi connectivity index (χ4n) is 3.80. The highest BCUT2D eigenvalue weighted by Crippen LogP contribution is 2.22. The van der Waals surface area contributed by atoms with Crippen LogP contribution in [0, 0.1) is 10.1 Å². The Hall–Kier alpha value is -3.24. The molecule has 0 bridgehead atoms. The highest BCUT2D eigenvalue weighted by atomic mass is 32.2. The molecule has 9 nitrogen and oxygen atoms in total. The molecular formula is C21H22N4O5S. The highest BCUT2D eigenvalue weighted by molar-refractivity contribution is 7.89. The van der Waals surface area contributed by atoms with E-state index in [4.69, 9.17) is 0 Å². The van der Waals surface area contributed by atoms with E-state index in [1.807, 2.05) is 30.5 Å². The minimum atomic E-state index is -3.76. The lowest BCUT2D eigenvalue weighted by Gasteiger charge is -2.34. The number of nitro groups is 1. The number of carbonyl (C=O) groups excluding carboxylic acids is 1. The molecule has 10 heteroatoms. The van der Waals surface area contributed by atoms with Gasteiger partial charge in [-0.15, -0.1) is 0 Å². The van der Waals surface area contributed by atoms with Crippen LogP contribution in [0.3, 0.4) is 0 Å². The van der Waals surface area contributed by atoms with Gasteiger partial charge in [-0.2, -0.15) is 4.31 Å². The molecule has 1 aromatic heterocycles. The number of nitro benzene ring substituents is 1. The highest BCUT2D eigenvalue weighted by Gasteiger charge is 2.30. The van der Waals surface area contributed by atoms with Crippen molar-refractivity contribution in [3.05, 3.63) is 70.4 Å². The van der Waals surface area contributed by atoms with Crippen molar-refractivity contribution >= 4 is 32.5 Å². The lowest BCUT2D eigenvalue weighted by molar-refractivity contribution is -0.384. The molecule has 0 aliphatic carbocycles. The summed E-state index contributed by atoms with van der Waals surface area (Å²) in [6, 6.07) is 12.8. The van der Waals surface area contributed by atoms with E-state index in [9.17, 15) is 23.3 Å². The van der Waals surface area contributed by atoms with Gasteiger partial charge in [0.1, 0.15) is 0 Å². The maximum absolute atomic E-state index is 12.8. The molecule has 0 radical (unpaired) electrons. The molecule has 2 aromatic carbocycles. The Morgan fingerprint density at radius 1 is 1.03 bits per heavy atom. The SMILES string of the molecule is O=C(CCc1c[nH]c2ccccc12)N1CCN(S(=O)(=O)c2ccc([N+](=O)[O-])cc2)CC1. The van der Waals surface area contributed by atoms with Gasteiger partial charge in [-0.25, -0.2) is 8.42 Å². The molecule has 31 heavy (non-hydrogen) atoms. The van der Waals surface area contributed by atoms with E-state index in [-0.39, 0.29) is 29.6 Å². The summed E-state index contributed by atoms with van der Waals surface area (Å²) in [7, 11) is -3.76. The van der Waals surface area contributed by atoms with Crippen LogP contribution >= 0.6 is 0 Å². The first-order chi connectivity index (χ1) is 14.9. The molecular weight excluding hydrogens is 420 g/mol. The molecule has 3 aromatic rings. The number of hydrogen-bond donors (Lipinski definition) is 1. The number of aromatic nitrogens is 1. The Balaban J connectivity index is 1.34. The van der Waals surface area contributed by atoms with Crippen molar-refractivity contribution in [2.24, 2.45) is 0 Å². The van der Waals surface area contributed by atoms with Crippen LogP contribution in [0.1, 0.15) is 12.0 Å². The minimum absolute atomic E-state index is 0.00216. The molecule has 1 aliphatic rings. The number of nitrogens with one attached hydrogen (secondary N) is 1. The van der Waals surface area contributed by atoms with Gasteiger partial charge in [0.25, 0.3) is 5.69 Å². The molecule has 0 atom stereocenters. The van der Waals surface area contributed by atoms with Gasteiger partial charge in [-0.3, -0.25) is 14.9 Å². The number of hydrogen-bond acceptors (Lipinski definition) is 5. The molecule has 1 saturated heterocycles. The first kappa shape index (κ1) is 21.0. The third-order valence-corrected chi connectivity index (χ3v) is 7.47. The summed E-state index contributed by atoms with van der Waals surface area (Å²) >= 11 is 0. The van der Waals surface area contributed by atoms with Crippen molar-refractivity contribution < 1.29 is 18.1 Å². The van der Waals surface area contributed by atoms with Crippen molar-refractivity contribution in [2.75, 3.05) is 26.2 Å². The zero-order valence-electron chi connectivity index (χ0n) is 16.7. The number of piperazine rings is 1. The van der Waals surface area contributed by atoms with Gasteiger partial charge in [-0.05, 0) is 30.2 Å². The molecule has 2 heterocycles. The maximum Gasteiger partial charge on any atom is 0.269 e. The quantitative estimate of drug-likeness (QED) is 0.465. The molecule has 0 spiro atoms. The minimum Gasteiger partial charge on any atom is -0.361 e. The van der Waals surface area contributed by atoms with Crippen LogP contribution in [-0.2, 0) is 21.2 Å². The number of H-pyrrole nitrogens is 1. The Morgan fingerprint density at radius 2 is 1.71 bits per heavy atom. The number of para-hydroxylation sites is 1. The molecule has 1 amide bonds. The van der Waals surface area contributed by atoms with Crippen molar-refractivity contribution in [2.45, 2.75) is 17.7 Å². The smallest absolute Gasteiger partial charge is 0.269 e. The number of sulfonamides is 1. The van der Waals surface area contributed by atoms with E-state index in [0.717, 1.165) is 16.5 Å². The lowest BCUT2D eigenvalue weighted by atomic mass is 10.1. The van der Waals surface area contributed by atoms with Crippen LogP contribution in [0.15, 0.2) is 59.6 Å². The Kier molecular flexibility index (Phi) is 5.75. The maximum atomic E-state index is 12.8.